The minimum atomic E-state index is 0.182. The zero-order chi connectivity index (χ0) is 15.2. The Morgan fingerprint density at radius 1 is 1.29 bits per heavy atom. The van der Waals surface area contributed by atoms with Gasteiger partial charge in [-0.25, -0.2) is 0 Å². The molecule has 0 radical (unpaired) electrons. The van der Waals surface area contributed by atoms with E-state index in [1.165, 1.54) is 0 Å². The monoisotopic (exact) mass is 344 g/mol. The van der Waals surface area contributed by atoms with Crippen molar-refractivity contribution in [3.05, 3.63) is 58.1 Å². The lowest BCUT2D eigenvalue weighted by molar-refractivity contribution is 0.463. The Hall–Kier alpha value is -1.83. The highest BCUT2D eigenvalue weighted by molar-refractivity contribution is 9.10. The van der Waals surface area contributed by atoms with Crippen LogP contribution < -0.4 is 10.1 Å². The first-order valence-electron chi connectivity index (χ1n) is 6.85. The molecule has 0 amide bonds. The maximum Gasteiger partial charge on any atom is 0.132 e. The molecular formula is C17H17BrN2O. The Morgan fingerprint density at radius 3 is 2.81 bits per heavy atom. The van der Waals surface area contributed by atoms with Crippen molar-refractivity contribution in [2.45, 2.75) is 19.9 Å². The Labute approximate surface area is 133 Å². The van der Waals surface area contributed by atoms with Crippen molar-refractivity contribution in [1.29, 1.82) is 5.26 Å². The minimum Gasteiger partial charge on any atom is -0.457 e. The van der Waals surface area contributed by atoms with Gasteiger partial charge in [-0.15, -0.1) is 0 Å². The van der Waals surface area contributed by atoms with Gasteiger partial charge in [-0.1, -0.05) is 28.9 Å². The lowest BCUT2D eigenvalue weighted by Crippen LogP contribution is -2.18. The van der Waals surface area contributed by atoms with Gasteiger partial charge in [0, 0.05) is 16.1 Å². The number of benzene rings is 2. The largest absolute Gasteiger partial charge is 0.457 e. The maximum absolute atomic E-state index is 8.96. The molecule has 1 N–H and O–H groups in total. The van der Waals surface area contributed by atoms with Gasteiger partial charge < -0.3 is 10.1 Å². The molecule has 0 aliphatic rings. The zero-order valence-corrected chi connectivity index (χ0v) is 13.6. The molecule has 0 fully saturated rings. The van der Waals surface area contributed by atoms with Crippen LogP contribution in [0.2, 0.25) is 0 Å². The summed E-state index contributed by atoms with van der Waals surface area (Å²) in [6.07, 6.45) is 0. The van der Waals surface area contributed by atoms with Gasteiger partial charge in [0.15, 0.2) is 0 Å². The predicted molar refractivity (Wildman–Crippen MR) is 87.5 cm³/mol. The van der Waals surface area contributed by atoms with Crippen LogP contribution >= 0.6 is 15.9 Å². The van der Waals surface area contributed by atoms with Crippen LogP contribution in [0.25, 0.3) is 0 Å². The molecule has 2 aromatic carbocycles. The first-order valence-corrected chi connectivity index (χ1v) is 7.64. The average Bonchev–Trinajstić information content (AvgIpc) is 2.49. The van der Waals surface area contributed by atoms with Gasteiger partial charge in [-0.3, -0.25) is 0 Å². The lowest BCUT2D eigenvalue weighted by Gasteiger charge is -2.18. The SMILES string of the molecule is CCNC(C)c1cc(Br)ccc1Oc1cccc(C#N)c1. The Bertz CT molecular complexity index is 664. The molecule has 4 heteroatoms. The first-order chi connectivity index (χ1) is 10.1. The Kier molecular flexibility index (Phi) is 5.38. The van der Waals surface area contributed by atoms with E-state index >= 15 is 0 Å². The van der Waals surface area contributed by atoms with Gasteiger partial charge >= 0.3 is 0 Å². The quantitative estimate of drug-likeness (QED) is 0.848. The highest BCUT2D eigenvalue weighted by atomic mass is 79.9. The zero-order valence-electron chi connectivity index (χ0n) is 12.1. The van der Waals surface area contributed by atoms with Crippen LogP contribution in [0.5, 0.6) is 11.5 Å². The molecule has 0 bridgehead atoms. The topological polar surface area (TPSA) is 45.0 Å². The van der Waals surface area contributed by atoms with E-state index in [0.717, 1.165) is 22.3 Å². The summed E-state index contributed by atoms with van der Waals surface area (Å²) in [7, 11) is 0. The third-order valence-corrected chi connectivity index (χ3v) is 3.63. The van der Waals surface area contributed by atoms with Gasteiger partial charge in [0.05, 0.1) is 11.6 Å². The molecular weight excluding hydrogens is 328 g/mol. The van der Waals surface area contributed by atoms with Crippen LogP contribution in [-0.2, 0) is 0 Å². The van der Waals surface area contributed by atoms with Crippen molar-refractivity contribution in [1.82, 2.24) is 5.32 Å². The molecule has 0 saturated carbocycles. The predicted octanol–water partition coefficient (Wildman–Crippen LogP) is 4.78. The molecule has 1 unspecified atom stereocenters. The van der Waals surface area contributed by atoms with Gasteiger partial charge in [-0.2, -0.15) is 5.26 Å². The average molecular weight is 345 g/mol. The first kappa shape index (κ1) is 15.6. The van der Waals surface area contributed by atoms with E-state index in [2.05, 4.69) is 47.2 Å². The number of halogens is 1. The molecule has 0 spiro atoms. The van der Waals surface area contributed by atoms with E-state index in [1.54, 1.807) is 12.1 Å². The summed E-state index contributed by atoms with van der Waals surface area (Å²) >= 11 is 3.50. The number of ether oxygens (including phenoxy) is 1. The smallest absolute Gasteiger partial charge is 0.132 e. The van der Waals surface area contributed by atoms with Gasteiger partial charge in [0.25, 0.3) is 0 Å². The van der Waals surface area contributed by atoms with Crippen LogP contribution in [0, 0.1) is 11.3 Å². The molecule has 0 heterocycles. The number of nitriles is 1. The third kappa shape index (κ3) is 4.07. The van der Waals surface area contributed by atoms with Crippen molar-refractivity contribution in [2.24, 2.45) is 0 Å². The summed E-state index contributed by atoms with van der Waals surface area (Å²) in [5.74, 6) is 1.46. The second kappa shape index (κ2) is 7.26. The number of rotatable bonds is 5. The fraction of sp³-hybridized carbons (Fsp3) is 0.235. The van der Waals surface area contributed by atoms with E-state index in [0.29, 0.717) is 11.3 Å². The van der Waals surface area contributed by atoms with Crippen LogP contribution in [0.4, 0.5) is 0 Å². The number of nitrogens with zero attached hydrogens (tertiary/aromatic N) is 1. The second-order valence-corrected chi connectivity index (χ2v) is 5.62. The normalized spacial score (nSPS) is 11.7. The molecule has 0 aromatic heterocycles. The Morgan fingerprint density at radius 2 is 2.10 bits per heavy atom. The fourth-order valence-electron chi connectivity index (χ4n) is 2.12. The highest BCUT2D eigenvalue weighted by Gasteiger charge is 2.12. The number of hydrogen-bond acceptors (Lipinski definition) is 3. The van der Waals surface area contributed by atoms with E-state index in [9.17, 15) is 0 Å². The van der Waals surface area contributed by atoms with Gasteiger partial charge in [0.2, 0.25) is 0 Å². The van der Waals surface area contributed by atoms with Crippen molar-refractivity contribution in [2.75, 3.05) is 6.54 Å². The molecule has 21 heavy (non-hydrogen) atoms. The van der Waals surface area contributed by atoms with Crippen molar-refractivity contribution in [3.8, 4) is 17.6 Å². The third-order valence-electron chi connectivity index (χ3n) is 3.14. The molecule has 0 aliphatic heterocycles. The molecule has 0 saturated heterocycles. The summed E-state index contributed by atoms with van der Waals surface area (Å²) < 4.78 is 6.98. The molecule has 0 aliphatic carbocycles. The number of hydrogen-bond donors (Lipinski definition) is 1. The fourth-order valence-corrected chi connectivity index (χ4v) is 2.50. The molecule has 108 valence electrons. The summed E-state index contributed by atoms with van der Waals surface area (Å²) in [5.41, 5.74) is 1.67. The van der Waals surface area contributed by atoms with Crippen LogP contribution in [0.15, 0.2) is 46.9 Å². The molecule has 2 aromatic rings. The summed E-state index contributed by atoms with van der Waals surface area (Å²) in [4.78, 5) is 0. The number of nitrogens with one attached hydrogen (secondary N) is 1. The summed E-state index contributed by atoms with van der Waals surface area (Å²) in [5, 5.41) is 12.3. The van der Waals surface area contributed by atoms with Crippen LogP contribution in [0.3, 0.4) is 0 Å². The Balaban J connectivity index is 2.32. The van der Waals surface area contributed by atoms with Crippen molar-refractivity contribution < 1.29 is 4.74 Å². The molecule has 3 nitrogen and oxygen atoms in total. The van der Waals surface area contributed by atoms with Gasteiger partial charge in [0.1, 0.15) is 11.5 Å². The van der Waals surface area contributed by atoms with Crippen molar-refractivity contribution in [3.63, 3.8) is 0 Å². The van der Waals surface area contributed by atoms with Crippen LogP contribution in [0.1, 0.15) is 31.0 Å². The van der Waals surface area contributed by atoms with E-state index in [1.807, 2.05) is 24.3 Å². The lowest BCUT2D eigenvalue weighted by atomic mass is 10.1. The maximum atomic E-state index is 8.96. The van der Waals surface area contributed by atoms with E-state index < -0.39 is 0 Å². The summed E-state index contributed by atoms with van der Waals surface area (Å²) in [6.45, 7) is 5.06. The minimum absolute atomic E-state index is 0.182. The van der Waals surface area contributed by atoms with Crippen molar-refractivity contribution >= 4 is 15.9 Å². The van der Waals surface area contributed by atoms with Gasteiger partial charge in [-0.05, 0) is 49.9 Å². The van der Waals surface area contributed by atoms with Crippen LogP contribution in [-0.4, -0.2) is 6.54 Å². The molecule has 1 atom stereocenters. The second-order valence-electron chi connectivity index (χ2n) is 4.70. The van der Waals surface area contributed by atoms with E-state index in [4.69, 9.17) is 10.00 Å². The highest BCUT2D eigenvalue weighted by Crippen LogP contribution is 2.32. The molecule has 2 rings (SSSR count). The summed E-state index contributed by atoms with van der Waals surface area (Å²) in [6, 6.07) is 15.4. The van der Waals surface area contributed by atoms with E-state index in [-0.39, 0.29) is 6.04 Å². The standard InChI is InChI=1S/C17H17BrN2O/c1-3-20-12(2)16-10-14(18)7-8-17(16)21-15-6-4-5-13(9-15)11-19/h4-10,12,20H,3H2,1-2H3.